The molecule has 1 fully saturated rings. The quantitative estimate of drug-likeness (QED) is 0.882. The molecule has 144 valence electrons. The van der Waals surface area contributed by atoms with Crippen molar-refractivity contribution in [3.8, 4) is 0 Å². The Bertz CT molecular complexity index is 815. The van der Waals surface area contributed by atoms with Crippen LogP contribution in [0.5, 0.6) is 0 Å². The van der Waals surface area contributed by atoms with Gasteiger partial charge in [0.05, 0.1) is 11.8 Å². The summed E-state index contributed by atoms with van der Waals surface area (Å²) in [5.41, 5.74) is -0.282. The third-order valence-electron chi connectivity index (χ3n) is 4.29. The molecule has 0 aliphatic carbocycles. The minimum Gasteiger partial charge on any atom is -0.361 e. The molecule has 1 amide bonds. The number of rotatable bonds is 4. The molecule has 3 rings (SSSR count). The van der Waals surface area contributed by atoms with Gasteiger partial charge < -0.3 is 15.1 Å². The van der Waals surface area contributed by atoms with Crippen LogP contribution in [-0.4, -0.2) is 43.1 Å². The molecule has 1 N–H and O–H groups in total. The predicted octanol–water partition coefficient (Wildman–Crippen LogP) is 3.41. The van der Waals surface area contributed by atoms with E-state index in [9.17, 15) is 18.0 Å². The van der Waals surface area contributed by atoms with E-state index in [1.807, 2.05) is 0 Å². The van der Waals surface area contributed by atoms with Crippen molar-refractivity contribution in [1.82, 2.24) is 9.97 Å². The zero-order valence-corrected chi connectivity index (χ0v) is 15.0. The smallest absolute Gasteiger partial charge is 0.361 e. The number of carbonyl (C=O) groups excluding carboxylic acids is 1. The molecule has 0 saturated carbocycles. The average molecular weight is 379 g/mol. The lowest BCUT2D eigenvalue weighted by molar-refractivity contribution is -0.137. The number of anilines is 3. The van der Waals surface area contributed by atoms with E-state index >= 15 is 0 Å². The summed E-state index contributed by atoms with van der Waals surface area (Å²) in [5.74, 6) is 0.611. The number of alkyl halides is 3. The molecule has 0 bridgehead atoms. The summed E-state index contributed by atoms with van der Waals surface area (Å²) in [6.45, 7) is 1.79. The zero-order chi connectivity index (χ0) is 19.6. The van der Waals surface area contributed by atoms with Gasteiger partial charge in [0, 0.05) is 32.7 Å². The van der Waals surface area contributed by atoms with E-state index in [1.165, 1.54) is 6.20 Å². The first kappa shape index (κ1) is 18.9. The number of carbonyl (C=O) groups is 1. The molecule has 0 unspecified atom stereocenters. The van der Waals surface area contributed by atoms with Crippen molar-refractivity contribution in [3.63, 3.8) is 0 Å². The van der Waals surface area contributed by atoms with E-state index in [4.69, 9.17) is 0 Å². The first-order chi connectivity index (χ1) is 12.8. The van der Waals surface area contributed by atoms with Crippen LogP contribution in [0.1, 0.15) is 28.8 Å². The van der Waals surface area contributed by atoms with Gasteiger partial charge in [-0.25, -0.2) is 4.98 Å². The number of halogens is 3. The van der Waals surface area contributed by atoms with Crippen LogP contribution in [0, 0.1) is 0 Å². The van der Waals surface area contributed by atoms with Gasteiger partial charge in [-0.1, -0.05) is 0 Å². The first-order valence-corrected chi connectivity index (χ1v) is 8.53. The van der Waals surface area contributed by atoms with Gasteiger partial charge in [-0.05, 0) is 37.1 Å². The van der Waals surface area contributed by atoms with Crippen molar-refractivity contribution in [1.29, 1.82) is 0 Å². The normalized spacial score (nSPS) is 14.3. The minimum absolute atomic E-state index is 0.122. The van der Waals surface area contributed by atoms with Gasteiger partial charge in [0.2, 0.25) is 5.95 Å². The molecule has 0 radical (unpaired) electrons. The van der Waals surface area contributed by atoms with Crippen LogP contribution in [0.15, 0.2) is 30.5 Å². The van der Waals surface area contributed by atoms with Crippen LogP contribution in [0.25, 0.3) is 0 Å². The Morgan fingerprint density at radius 2 is 1.78 bits per heavy atom. The summed E-state index contributed by atoms with van der Waals surface area (Å²) in [6.07, 6.45) is -0.732. The fourth-order valence-corrected chi connectivity index (χ4v) is 2.87. The molecular formula is C18H20F3N5O. The molecule has 1 aromatic heterocycles. The molecule has 6 nitrogen and oxygen atoms in total. The Labute approximate surface area is 155 Å². The number of hydrogen-bond acceptors (Lipinski definition) is 5. The van der Waals surface area contributed by atoms with Crippen molar-refractivity contribution in [2.75, 3.05) is 42.3 Å². The molecule has 0 atom stereocenters. The zero-order valence-electron chi connectivity index (χ0n) is 15.0. The van der Waals surface area contributed by atoms with E-state index in [-0.39, 0.29) is 5.56 Å². The first-order valence-electron chi connectivity index (χ1n) is 8.53. The highest BCUT2D eigenvalue weighted by molar-refractivity contribution is 6.05. The lowest BCUT2D eigenvalue weighted by Gasteiger charge is -2.21. The number of amides is 1. The highest BCUT2D eigenvalue weighted by Crippen LogP contribution is 2.30. The summed E-state index contributed by atoms with van der Waals surface area (Å²) in [6, 6.07) is 4.06. The van der Waals surface area contributed by atoms with Crippen molar-refractivity contribution >= 4 is 23.4 Å². The predicted molar refractivity (Wildman–Crippen MR) is 97.2 cm³/mol. The Balaban J connectivity index is 1.80. The highest BCUT2D eigenvalue weighted by Gasteiger charge is 2.30. The van der Waals surface area contributed by atoms with Crippen LogP contribution in [0.2, 0.25) is 0 Å². The van der Waals surface area contributed by atoms with Gasteiger partial charge >= 0.3 is 6.18 Å². The maximum atomic E-state index is 12.6. The number of nitrogens with zero attached hydrogens (tertiary/aromatic N) is 4. The van der Waals surface area contributed by atoms with Crippen molar-refractivity contribution in [2.45, 2.75) is 19.0 Å². The standard InChI is InChI=1S/C18H20F3N5O/c1-25(2)15-14(11-22-17(24-15)26-9-3-4-10-26)23-16(27)12-5-7-13(8-6-12)18(19,20)21/h5-8,11H,3-4,9-10H2,1-2H3,(H,23,27). The molecule has 1 aliphatic heterocycles. The SMILES string of the molecule is CN(C)c1nc(N2CCCC2)ncc1NC(=O)c1ccc(C(F)(F)F)cc1. The maximum absolute atomic E-state index is 12.6. The second-order valence-electron chi connectivity index (χ2n) is 6.53. The largest absolute Gasteiger partial charge is 0.416 e. The van der Waals surface area contributed by atoms with E-state index in [2.05, 4.69) is 20.2 Å². The topological polar surface area (TPSA) is 61.4 Å². The molecule has 2 aromatic rings. The van der Waals surface area contributed by atoms with Crippen LogP contribution >= 0.6 is 0 Å². The maximum Gasteiger partial charge on any atom is 0.416 e. The summed E-state index contributed by atoms with van der Waals surface area (Å²) in [5, 5.41) is 2.68. The van der Waals surface area contributed by atoms with Gasteiger partial charge in [-0.15, -0.1) is 0 Å². The van der Waals surface area contributed by atoms with Crippen molar-refractivity contribution < 1.29 is 18.0 Å². The monoisotopic (exact) mass is 379 g/mol. The van der Waals surface area contributed by atoms with Crippen LogP contribution in [-0.2, 0) is 6.18 Å². The molecule has 2 heterocycles. The number of benzene rings is 1. The Kier molecular flexibility index (Phi) is 5.20. The number of aromatic nitrogens is 2. The third-order valence-corrected chi connectivity index (χ3v) is 4.29. The van der Waals surface area contributed by atoms with Crippen LogP contribution in [0.4, 0.5) is 30.6 Å². The van der Waals surface area contributed by atoms with Crippen molar-refractivity contribution in [3.05, 3.63) is 41.6 Å². The summed E-state index contributed by atoms with van der Waals surface area (Å²) < 4.78 is 37.9. The summed E-state index contributed by atoms with van der Waals surface area (Å²) >= 11 is 0. The summed E-state index contributed by atoms with van der Waals surface area (Å²) in [4.78, 5) is 25.1. The molecule has 0 spiro atoms. The van der Waals surface area contributed by atoms with E-state index in [0.717, 1.165) is 50.2 Å². The highest BCUT2D eigenvalue weighted by atomic mass is 19.4. The molecule has 1 saturated heterocycles. The van der Waals surface area contributed by atoms with Crippen molar-refractivity contribution in [2.24, 2.45) is 0 Å². The molecular weight excluding hydrogens is 359 g/mol. The van der Waals surface area contributed by atoms with Gasteiger partial charge in [0.1, 0.15) is 5.69 Å². The second kappa shape index (κ2) is 7.42. The lowest BCUT2D eigenvalue weighted by Crippen LogP contribution is -2.23. The van der Waals surface area contributed by atoms with Crippen LogP contribution < -0.4 is 15.1 Å². The van der Waals surface area contributed by atoms with E-state index in [1.54, 1.807) is 19.0 Å². The fourth-order valence-electron chi connectivity index (χ4n) is 2.87. The average Bonchev–Trinajstić information content (AvgIpc) is 3.16. The third kappa shape index (κ3) is 4.29. The number of nitrogens with one attached hydrogen (secondary N) is 1. The van der Waals surface area contributed by atoms with Crippen LogP contribution in [0.3, 0.4) is 0 Å². The van der Waals surface area contributed by atoms with E-state index < -0.39 is 17.6 Å². The second-order valence-corrected chi connectivity index (χ2v) is 6.53. The minimum atomic E-state index is -4.44. The van der Waals surface area contributed by atoms with E-state index in [0.29, 0.717) is 17.5 Å². The van der Waals surface area contributed by atoms with Gasteiger partial charge in [-0.3, -0.25) is 4.79 Å². The Morgan fingerprint density at radius 3 is 2.33 bits per heavy atom. The van der Waals surface area contributed by atoms with Gasteiger partial charge in [-0.2, -0.15) is 18.2 Å². The Morgan fingerprint density at radius 1 is 1.15 bits per heavy atom. The molecule has 9 heteroatoms. The number of hydrogen-bond donors (Lipinski definition) is 1. The lowest BCUT2D eigenvalue weighted by atomic mass is 10.1. The summed E-state index contributed by atoms with van der Waals surface area (Å²) in [7, 11) is 3.59. The molecule has 1 aromatic carbocycles. The van der Waals surface area contributed by atoms with Gasteiger partial charge in [0.15, 0.2) is 5.82 Å². The molecule has 27 heavy (non-hydrogen) atoms. The molecule has 1 aliphatic rings. The Hall–Kier alpha value is -2.84. The fraction of sp³-hybridized carbons (Fsp3) is 0.389. The van der Waals surface area contributed by atoms with Gasteiger partial charge in [0.25, 0.3) is 5.91 Å².